The zero-order valence-electron chi connectivity index (χ0n) is 13.4. The normalized spacial score (nSPS) is 10.9. The van der Waals surface area contributed by atoms with Gasteiger partial charge in [-0.05, 0) is 36.9 Å². The first-order valence-corrected chi connectivity index (χ1v) is 7.46. The lowest BCUT2D eigenvalue weighted by atomic mass is 10.0. The van der Waals surface area contributed by atoms with Crippen molar-refractivity contribution in [1.29, 1.82) is 0 Å². The highest BCUT2D eigenvalue weighted by Gasteiger charge is 2.13. The molecule has 0 spiro atoms. The van der Waals surface area contributed by atoms with Crippen molar-refractivity contribution in [2.45, 2.75) is 20.4 Å². The van der Waals surface area contributed by atoms with Crippen molar-refractivity contribution in [3.63, 3.8) is 0 Å². The first-order chi connectivity index (χ1) is 11.5. The minimum Gasteiger partial charge on any atom is -0.480 e. The molecule has 1 aromatic carbocycles. The maximum Gasteiger partial charge on any atom is 0.322 e. The van der Waals surface area contributed by atoms with Gasteiger partial charge in [0.15, 0.2) is 0 Å². The Balaban J connectivity index is 1.92. The van der Waals surface area contributed by atoms with Crippen LogP contribution in [-0.2, 0) is 16.1 Å². The fourth-order valence-corrected chi connectivity index (χ4v) is 2.76. The summed E-state index contributed by atoms with van der Waals surface area (Å²) in [6.07, 6.45) is 1.81. The third-order valence-electron chi connectivity index (χ3n) is 3.85. The fourth-order valence-electron chi connectivity index (χ4n) is 2.76. The van der Waals surface area contributed by atoms with Gasteiger partial charge < -0.3 is 19.5 Å². The van der Waals surface area contributed by atoms with Crippen LogP contribution in [0.4, 0.5) is 0 Å². The van der Waals surface area contributed by atoms with Crippen molar-refractivity contribution < 1.29 is 19.2 Å². The SMILES string of the molecule is Cc1noc(C)c1-c1ccc2ccn(CC(=O)NCC(=O)O)c2c1. The predicted octanol–water partition coefficient (Wildman–Crippen LogP) is 2.11. The van der Waals surface area contributed by atoms with Crippen molar-refractivity contribution >= 4 is 22.8 Å². The van der Waals surface area contributed by atoms with Gasteiger partial charge in [-0.1, -0.05) is 17.3 Å². The molecule has 1 amide bonds. The molecule has 0 fully saturated rings. The molecular formula is C17H17N3O4. The summed E-state index contributed by atoms with van der Waals surface area (Å²) in [5.41, 5.74) is 3.60. The molecule has 7 nitrogen and oxygen atoms in total. The van der Waals surface area contributed by atoms with Gasteiger partial charge in [-0.15, -0.1) is 0 Å². The van der Waals surface area contributed by atoms with E-state index in [-0.39, 0.29) is 19.0 Å². The molecule has 0 aliphatic heterocycles. The minimum absolute atomic E-state index is 0.0574. The van der Waals surface area contributed by atoms with Gasteiger partial charge in [0, 0.05) is 17.3 Å². The van der Waals surface area contributed by atoms with Crippen LogP contribution in [0, 0.1) is 13.8 Å². The molecule has 0 saturated heterocycles. The molecule has 24 heavy (non-hydrogen) atoms. The highest BCUT2D eigenvalue weighted by Crippen LogP contribution is 2.30. The van der Waals surface area contributed by atoms with Crippen LogP contribution in [0.5, 0.6) is 0 Å². The number of aromatic nitrogens is 2. The Morgan fingerprint density at radius 1 is 1.29 bits per heavy atom. The lowest BCUT2D eigenvalue weighted by Gasteiger charge is -2.07. The summed E-state index contributed by atoms with van der Waals surface area (Å²) in [5, 5.41) is 15.9. The second-order valence-corrected chi connectivity index (χ2v) is 5.59. The van der Waals surface area contributed by atoms with Crippen molar-refractivity contribution in [3.05, 3.63) is 41.9 Å². The van der Waals surface area contributed by atoms with E-state index in [0.29, 0.717) is 0 Å². The number of carboxylic acids is 1. The number of nitrogens with one attached hydrogen (secondary N) is 1. The number of hydrogen-bond donors (Lipinski definition) is 2. The van der Waals surface area contributed by atoms with Crippen LogP contribution >= 0.6 is 0 Å². The Labute approximate surface area is 137 Å². The Bertz CT molecular complexity index is 904. The number of hydrogen-bond acceptors (Lipinski definition) is 4. The number of aliphatic carboxylic acids is 1. The van der Waals surface area contributed by atoms with Gasteiger partial charge in [0.1, 0.15) is 18.8 Å². The summed E-state index contributed by atoms with van der Waals surface area (Å²) >= 11 is 0. The van der Waals surface area contributed by atoms with E-state index in [0.717, 1.165) is 33.5 Å². The highest BCUT2D eigenvalue weighted by molar-refractivity contribution is 5.88. The molecule has 2 N–H and O–H groups in total. The Morgan fingerprint density at radius 2 is 2.08 bits per heavy atom. The molecular weight excluding hydrogens is 310 g/mol. The van der Waals surface area contributed by atoms with E-state index in [1.807, 2.05) is 44.3 Å². The second kappa shape index (κ2) is 6.19. The van der Waals surface area contributed by atoms with E-state index < -0.39 is 5.97 Å². The maximum atomic E-state index is 11.9. The van der Waals surface area contributed by atoms with E-state index in [9.17, 15) is 9.59 Å². The van der Waals surface area contributed by atoms with E-state index in [1.165, 1.54) is 0 Å². The van der Waals surface area contributed by atoms with E-state index >= 15 is 0 Å². The highest BCUT2D eigenvalue weighted by atomic mass is 16.5. The van der Waals surface area contributed by atoms with Gasteiger partial charge in [-0.2, -0.15) is 0 Å². The monoisotopic (exact) mass is 327 g/mol. The summed E-state index contributed by atoms with van der Waals surface area (Å²) in [6.45, 7) is 3.41. The van der Waals surface area contributed by atoms with Crippen LogP contribution in [0.3, 0.4) is 0 Å². The number of carbonyl (C=O) groups excluding carboxylic acids is 1. The first-order valence-electron chi connectivity index (χ1n) is 7.46. The van der Waals surface area contributed by atoms with Crippen LogP contribution in [0.25, 0.3) is 22.0 Å². The molecule has 7 heteroatoms. The first kappa shape index (κ1) is 15.8. The average Bonchev–Trinajstić information content (AvgIpc) is 3.08. The number of rotatable bonds is 5. The van der Waals surface area contributed by atoms with E-state index in [2.05, 4.69) is 10.5 Å². The Morgan fingerprint density at radius 3 is 2.75 bits per heavy atom. The fraction of sp³-hybridized carbons (Fsp3) is 0.235. The summed E-state index contributed by atoms with van der Waals surface area (Å²) in [4.78, 5) is 22.4. The number of benzene rings is 1. The molecule has 0 atom stereocenters. The topological polar surface area (TPSA) is 97.4 Å². The van der Waals surface area contributed by atoms with Crippen molar-refractivity contribution in [2.75, 3.05) is 6.54 Å². The van der Waals surface area contributed by atoms with Crippen molar-refractivity contribution in [1.82, 2.24) is 15.0 Å². The maximum absolute atomic E-state index is 11.9. The summed E-state index contributed by atoms with van der Waals surface area (Å²) in [7, 11) is 0. The third-order valence-corrected chi connectivity index (χ3v) is 3.85. The molecule has 2 aromatic heterocycles. The predicted molar refractivity (Wildman–Crippen MR) is 87.6 cm³/mol. The van der Waals surface area contributed by atoms with Crippen LogP contribution in [-0.4, -0.2) is 33.3 Å². The Kier molecular flexibility index (Phi) is 4.07. The summed E-state index contributed by atoms with van der Waals surface area (Å²) in [5.74, 6) is -0.678. The second-order valence-electron chi connectivity index (χ2n) is 5.59. The third kappa shape index (κ3) is 3.01. The summed E-state index contributed by atoms with van der Waals surface area (Å²) in [6, 6.07) is 7.86. The number of aryl methyl sites for hydroxylation is 2. The van der Waals surface area contributed by atoms with Gasteiger partial charge in [-0.25, -0.2) is 0 Å². The number of fused-ring (bicyclic) bond motifs is 1. The van der Waals surface area contributed by atoms with E-state index in [4.69, 9.17) is 9.63 Å². The zero-order chi connectivity index (χ0) is 17.3. The van der Waals surface area contributed by atoms with E-state index in [1.54, 1.807) is 4.57 Å². The molecule has 2 heterocycles. The van der Waals surface area contributed by atoms with Gasteiger partial charge in [0.2, 0.25) is 5.91 Å². The van der Waals surface area contributed by atoms with Crippen LogP contribution < -0.4 is 5.32 Å². The number of carboxylic acid groups (broad SMARTS) is 1. The van der Waals surface area contributed by atoms with Crippen LogP contribution in [0.15, 0.2) is 35.0 Å². The molecule has 0 aliphatic carbocycles. The smallest absolute Gasteiger partial charge is 0.322 e. The lowest BCUT2D eigenvalue weighted by molar-refractivity contribution is -0.138. The minimum atomic E-state index is -1.07. The van der Waals surface area contributed by atoms with Crippen molar-refractivity contribution in [2.24, 2.45) is 0 Å². The molecule has 0 bridgehead atoms. The molecule has 0 radical (unpaired) electrons. The largest absolute Gasteiger partial charge is 0.480 e. The molecule has 124 valence electrons. The summed E-state index contributed by atoms with van der Waals surface area (Å²) < 4.78 is 7.00. The number of carbonyl (C=O) groups is 2. The quantitative estimate of drug-likeness (QED) is 0.748. The Hall–Kier alpha value is -3.09. The van der Waals surface area contributed by atoms with Crippen molar-refractivity contribution in [3.8, 4) is 11.1 Å². The van der Waals surface area contributed by atoms with Gasteiger partial charge in [0.05, 0.1) is 5.69 Å². The molecule has 0 unspecified atom stereocenters. The van der Waals surface area contributed by atoms with Gasteiger partial charge in [0.25, 0.3) is 0 Å². The lowest BCUT2D eigenvalue weighted by Crippen LogP contribution is -2.31. The molecule has 0 aliphatic rings. The molecule has 0 saturated carbocycles. The van der Waals surface area contributed by atoms with Gasteiger partial charge >= 0.3 is 5.97 Å². The standard InChI is InChI=1S/C17H17N3O4/c1-10-17(11(2)24-19-10)13-4-3-12-5-6-20(14(12)7-13)9-15(21)18-8-16(22)23/h3-7H,8-9H2,1-2H3,(H,18,21)(H,22,23). The molecule has 3 rings (SSSR count). The average molecular weight is 327 g/mol. The van der Waals surface area contributed by atoms with Gasteiger partial charge in [-0.3, -0.25) is 9.59 Å². The zero-order valence-corrected chi connectivity index (χ0v) is 13.4. The molecule has 3 aromatic rings. The number of nitrogens with zero attached hydrogens (tertiary/aromatic N) is 2. The van der Waals surface area contributed by atoms with Crippen LogP contribution in [0.1, 0.15) is 11.5 Å². The number of amides is 1. The van der Waals surface area contributed by atoms with Crippen LogP contribution in [0.2, 0.25) is 0 Å².